The van der Waals surface area contributed by atoms with Gasteiger partial charge in [0.2, 0.25) is 0 Å². The normalized spacial score (nSPS) is 30.5. The number of nitrogens with zero attached hydrogens (tertiary/aromatic N) is 1. The maximum atomic E-state index is 12.4. The van der Waals surface area contributed by atoms with Crippen LogP contribution in [-0.4, -0.2) is 49.9 Å². The first kappa shape index (κ1) is 16.5. The molecular weight excluding hydrogens is 294 g/mol. The third kappa shape index (κ3) is 4.34. The smallest absolute Gasteiger partial charge is 0.279 e. The zero-order valence-electron chi connectivity index (χ0n) is 12.3. The molecule has 20 heavy (non-hydrogen) atoms. The van der Waals surface area contributed by atoms with E-state index in [2.05, 4.69) is 11.0 Å². The number of hydrogen-bond donors (Lipinski definition) is 2. The summed E-state index contributed by atoms with van der Waals surface area (Å²) in [6.07, 6.45) is 8.06. The zero-order chi connectivity index (χ0) is 14.6. The minimum Gasteiger partial charge on any atom is -0.330 e. The molecule has 0 unspecified atom stereocenters. The Morgan fingerprint density at radius 3 is 2.25 bits per heavy atom. The molecule has 0 aromatic carbocycles. The van der Waals surface area contributed by atoms with Crippen molar-refractivity contribution in [2.45, 2.75) is 49.8 Å². The lowest BCUT2D eigenvalue weighted by Crippen LogP contribution is -2.49. The monoisotopic (exact) mass is 321 g/mol. The van der Waals surface area contributed by atoms with Crippen LogP contribution in [0.2, 0.25) is 0 Å². The molecule has 0 spiro atoms. The van der Waals surface area contributed by atoms with Crippen molar-refractivity contribution >= 4 is 22.0 Å². The molecule has 1 saturated heterocycles. The van der Waals surface area contributed by atoms with Gasteiger partial charge >= 0.3 is 0 Å². The molecule has 0 bridgehead atoms. The van der Waals surface area contributed by atoms with Crippen molar-refractivity contribution in [3.05, 3.63) is 0 Å². The van der Waals surface area contributed by atoms with E-state index in [1.807, 2.05) is 11.8 Å². The highest BCUT2D eigenvalue weighted by Gasteiger charge is 2.30. The molecule has 2 rings (SSSR count). The van der Waals surface area contributed by atoms with Gasteiger partial charge in [-0.2, -0.15) is 29.2 Å². The van der Waals surface area contributed by atoms with Crippen molar-refractivity contribution in [1.29, 1.82) is 0 Å². The Bertz CT molecular complexity index is 386. The summed E-state index contributed by atoms with van der Waals surface area (Å²) in [6, 6.07) is 0.121. The SMILES string of the molecule is CSC1CCC(NS(=O)(=O)N2CCC(CN)CC2)CC1. The third-order valence-corrected chi connectivity index (χ3v) is 7.38. The van der Waals surface area contributed by atoms with Gasteiger partial charge < -0.3 is 5.73 Å². The summed E-state index contributed by atoms with van der Waals surface area (Å²) >= 11 is 1.90. The fourth-order valence-corrected chi connectivity index (χ4v) is 5.33. The van der Waals surface area contributed by atoms with Gasteiger partial charge in [-0.05, 0) is 57.2 Å². The van der Waals surface area contributed by atoms with Crippen LogP contribution >= 0.6 is 11.8 Å². The van der Waals surface area contributed by atoms with E-state index in [1.54, 1.807) is 4.31 Å². The van der Waals surface area contributed by atoms with E-state index in [-0.39, 0.29) is 6.04 Å². The van der Waals surface area contributed by atoms with E-state index in [0.29, 0.717) is 30.8 Å². The van der Waals surface area contributed by atoms with Crippen molar-refractivity contribution in [3.8, 4) is 0 Å². The van der Waals surface area contributed by atoms with Crippen LogP contribution in [-0.2, 0) is 10.2 Å². The zero-order valence-corrected chi connectivity index (χ0v) is 13.9. The third-order valence-electron chi connectivity index (χ3n) is 4.57. The van der Waals surface area contributed by atoms with Gasteiger partial charge in [-0.1, -0.05) is 0 Å². The Kier molecular flexibility index (Phi) is 6.16. The molecule has 118 valence electrons. The van der Waals surface area contributed by atoms with Gasteiger partial charge in [0.15, 0.2) is 0 Å². The highest BCUT2D eigenvalue weighted by atomic mass is 32.2. The Morgan fingerprint density at radius 1 is 1.15 bits per heavy atom. The molecule has 0 aromatic rings. The quantitative estimate of drug-likeness (QED) is 0.797. The fourth-order valence-electron chi connectivity index (χ4n) is 3.09. The van der Waals surface area contributed by atoms with Gasteiger partial charge in [0.05, 0.1) is 0 Å². The first-order chi connectivity index (χ1) is 9.55. The molecule has 7 heteroatoms. The summed E-state index contributed by atoms with van der Waals surface area (Å²) in [7, 11) is -3.30. The first-order valence-electron chi connectivity index (χ1n) is 7.55. The van der Waals surface area contributed by atoms with Crippen LogP contribution < -0.4 is 10.5 Å². The number of piperidine rings is 1. The second-order valence-corrected chi connectivity index (χ2v) is 8.75. The highest BCUT2D eigenvalue weighted by molar-refractivity contribution is 7.99. The van der Waals surface area contributed by atoms with Gasteiger partial charge in [0, 0.05) is 24.4 Å². The maximum absolute atomic E-state index is 12.4. The molecular formula is C13H27N3O2S2. The van der Waals surface area contributed by atoms with Crippen LogP contribution in [0.3, 0.4) is 0 Å². The Balaban J connectivity index is 1.82. The predicted octanol–water partition coefficient (Wildman–Crippen LogP) is 1.17. The van der Waals surface area contributed by atoms with Crippen molar-refractivity contribution in [3.63, 3.8) is 0 Å². The minimum absolute atomic E-state index is 0.121. The van der Waals surface area contributed by atoms with E-state index >= 15 is 0 Å². The van der Waals surface area contributed by atoms with Crippen molar-refractivity contribution in [2.75, 3.05) is 25.9 Å². The Morgan fingerprint density at radius 2 is 1.75 bits per heavy atom. The maximum Gasteiger partial charge on any atom is 0.279 e. The average Bonchev–Trinajstić information content (AvgIpc) is 2.48. The molecule has 0 radical (unpaired) electrons. The Hall–Kier alpha value is 0.180. The standard InChI is InChI=1S/C13H27N3O2S2/c1-19-13-4-2-12(3-5-13)15-20(17,18)16-8-6-11(10-14)7-9-16/h11-13,15H,2-10,14H2,1H3. The van der Waals surface area contributed by atoms with Gasteiger partial charge in [0.1, 0.15) is 0 Å². The van der Waals surface area contributed by atoms with Crippen molar-refractivity contribution in [1.82, 2.24) is 9.03 Å². The molecule has 0 atom stereocenters. The van der Waals surface area contributed by atoms with Crippen LogP contribution in [0.25, 0.3) is 0 Å². The van der Waals surface area contributed by atoms with Gasteiger partial charge in [-0.3, -0.25) is 0 Å². The van der Waals surface area contributed by atoms with Crippen LogP contribution in [0.15, 0.2) is 0 Å². The molecule has 1 saturated carbocycles. The summed E-state index contributed by atoms with van der Waals surface area (Å²) in [5, 5.41) is 0.705. The Labute approximate surface area is 127 Å². The first-order valence-corrected chi connectivity index (χ1v) is 10.3. The van der Waals surface area contributed by atoms with E-state index in [0.717, 1.165) is 38.5 Å². The molecule has 0 amide bonds. The summed E-state index contributed by atoms with van der Waals surface area (Å²) in [5.74, 6) is 0.485. The second-order valence-electron chi connectivity index (χ2n) is 5.91. The summed E-state index contributed by atoms with van der Waals surface area (Å²) < 4.78 is 29.3. The fraction of sp³-hybridized carbons (Fsp3) is 1.00. The van der Waals surface area contributed by atoms with Gasteiger partial charge in [0.25, 0.3) is 10.2 Å². The lowest BCUT2D eigenvalue weighted by Gasteiger charge is -2.33. The van der Waals surface area contributed by atoms with Gasteiger partial charge in [-0.25, -0.2) is 0 Å². The number of hydrogen-bond acceptors (Lipinski definition) is 4. The molecule has 2 aliphatic rings. The molecule has 3 N–H and O–H groups in total. The van der Waals surface area contributed by atoms with Crippen LogP contribution in [0, 0.1) is 5.92 Å². The molecule has 5 nitrogen and oxygen atoms in total. The summed E-state index contributed by atoms with van der Waals surface area (Å²) in [4.78, 5) is 0. The average molecular weight is 322 g/mol. The summed E-state index contributed by atoms with van der Waals surface area (Å²) in [6.45, 7) is 1.88. The second kappa shape index (κ2) is 7.45. The molecule has 2 fully saturated rings. The van der Waals surface area contributed by atoms with E-state index < -0.39 is 10.2 Å². The van der Waals surface area contributed by atoms with Crippen LogP contribution in [0.5, 0.6) is 0 Å². The number of nitrogens with one attached hydrogen (secondary N) is 1. The van der Waals surface area contributed by atoms with E-state index in [1.165, 1.54) is 0 Å². The van der Waals surface area contributed by atoms with E-state index in [9.17, 15) is 8.42 Å². The van der Waals surface area contributed by atoms with Crippen LogP contribution in [0.1, 0.15) is 38.5 Å². The van der Waals surface area contributed by atoms with Crippen molar-refractivity contribution in [2.24, 2.45) is 11.7 Å². The lowest BCUT2D eigenvalue weighted by molar-refractivity contribution is 0.272. The molecule has 1 heterocycles. The largest absolute Gasteiger partial charge is 0.330 e. The van der Waals surface area contributed by atoms with Crippen LogP contribution in [0.4, 0.5) is 0 Å². The molecule has 1 aliphatic heterocycles. The number of thioether (sulfide) groups is 1. The number of rotatable bonds is 5. The summed E-state index contributed by atoms with van der Waals surface area (Å²) in [5.41, 5.74) is 5.65. The molecule has 1 aliphatic carbocycles. The molecule has 0 aromatic heterocycles. The van der Waals surface area contributed by atoms with Crippen molar-refractivity contribution < 1.29 is 8.42 Å². The number of nitrogens with two attached hydrogens (primary N) is 1. The highest BCUT2D eigenvalue weighted by Crippen LogP contribution is 2.27. The predicted molar refractivity (Wildman–Crippen MR) is 85.0 cm³/mol. The van der Waals surface area contributed by atoms with E-state index in [4.69, 9.17) is 5.73 Å². The topological polar surface area (TPSA) is 75.4 Å². The van der Waals surface area contributed by atoms with Gasteiger partial charge in [-0.15, -0.1) is 0 Å². The lowest BCUT2D eigenvalue weighted by atomic mass is 9.96. The minimum atomic E-state index is -3.30.